The van der Waals surface area contributed by atoms with Crippen LogP contribution < -0.4 is 0 Å². The van der Waals surface area contributed by atoms with Crippen LogP contribution in [0.1, 0.15) is 226 Å². The Bertz CT molecular complexity index is 1590. The third kappa shape index (κ3) is 56.1. The van der Waals surface area contributed by atoms with Gasteiger partial charge < -0.3 is 14.2 Å². The highest BCUT2D eigenvalue weighted by molar-refractivity contribution is 5.71. The third-order valence-electron chi connectivity index (χ3n) is 11.5. The van der Waals surface area contributed by atoms with E-state index >= 15 is 0 Å². The van der Waals surface area contributed by atoms with Gasteiger partial charge in [-0.05, 0) is 103 Å². The van der Waals surface area contributed by atoms with E-state index in [0.29, 0.717) is 19.3 Å². The predicted octanol–water partition coefficient (Wildman–Crippen LogP) is 19.2. The first-order valence-corrected chi connectivity index (χ1v) is 28.4. The zero-order chi connectivity index (χ0) is 51.4. The number of esters is 3. The summed E-state index contributed by atoms with van der Waals surface area (Å²) in [4.78, 5) is 38.1. The Kier molecular flexibility index (Phi) is 54.0. The second-order valence-electron chi connectivity index (χ2n) is 18.3. The Labute approximate surface area is 436 Å². The van der Waals surface area contributed by atoms with Gasteiger partial charge in [-0.1, -0.05) is 250 Å². The molecule has 398 valence electrons. The second-order valence-corrected chi connectivity index (χ2v) is 18.3. The maximum Gasteiger partial charge on any atom is 0.306 e. The monoisotopic (exact) mass is 979 g/mol. The van der Waals surface area contributed by atoms with E-state index in [0.717, 1.165) is 77.0 Å². The van der Waals surface area contributed by atoms with Crippen molar-refractivity contribution in [3.63, 3.8) is 0 Å². The molecule has 0 radical (unpaired) electrons. The summed E-state index contributed by atoms with van der Waals surface area (Å²) in [6.07, 6.45) is 82.6. The third-order valence-corrected chi connectivity index (χ3v) is 11.5. The summed E-state index contributed by atoms with van der Waals surface area (Å²) in [5.74, 6) is -1.04. The van der Waals surface area contributed by atoms with Crippen molar-refractivity contribution in [2.75, 3.05) is 13.2 Å². The van der Waals surface area contributed by atoms with Gasteiger partial charge in [0.15, 0.2) is 6.10 Å². The Balaban J connectivity index is 4.61. The molecule has 0 heterocycles. The minimum atomic E-state index is -0.834. The van der Waals surface area contributed by atoms with E-state index in [-0.39, 0.29) is 44.0 Å². The zero-order valence-corrected chi connectivity index (χ0v) is 45.4. The zero-order valence-electron chi connectivity index (χ0n) is 45.4. The highest BCUT2D eigenvalue weighted by atomic mass is 16.6. The fraction of sp³-hybridized carbons (Fsp3) is 0.585. The lowest BCUT2D eigenvalue weighted by Gasteiger charge is -2.18. The molecule has 0 aromatic rings. The number of unbranched alkanes of at least 4 members (excludes halogenated alkanes) is 20. The molecular weight excluding hydrogens is 877 g/mol. The molecular formula is C65H102O6. The average molecular weight is 980 g/mol. The van der Waals surface area contributed by atoms with Gasteiger partial charge >= 0.3 is 17.9 Å². The molecule has 0 aliphatic carbocycles. The van der Waals surface area contributed by atoms with Crippen LogP contribution in [0.3, 0.4) is 0 Å². The lowest BCUT2D eigenvalue weighted by Crippen LogP contribution is -2.30. The summed E-state index contributed by atoms with van der Waals surface area (Å²) < 4.78 is 16.8. The van der Waals surface area contributed by atoms with Crippen LogP contribution in [-0.4, -0.2) is 37.2 Å². The van der Waals surface area contributed by atoms with Crippen molar-refractivity contribution < 1.29 is 28.6 Å². The molecule has 0 aromatic heterocycles. The quantitative estimate of drug-likeness (QED) is 0.0199. The van der Waals surface area contributed by atoms with Gasteiger partial charge in [0, 0.05) is 19.3 Å². The molecule has 0 aliphatic heterocycles. The molecule has 6 nitrogen and oxygen atoms in total. The molecule has 0 saturated carbocycles. The predicted molar refractivity (Wildman–Crippen MR) is 306 cm³/mol. The SMILES string of the molecule is CC\C=C/C=C\C=C/C=C\C=C\C=C/C=C\CCCCCC(=O)OCC(COC(=O)CCCCCCCCC/C=C\C/C=C\CCCCC)OC(=O)CCC/C=C\C/C=C\C/C=C\CCCCCCCC. The summed E-state index contributed by atoms with van der Waals surface area (Å²) in [7, 11) is 0. The maximum absolute atomic E-state index is 12.8. The van der Waals surface area contributed by atoms with Crippen LogP contribution >= 0.6 is 0 Å². The van der Waals surface area contributed by atoms with Crippen LogP contribution in [0.4, 0.5) is 0 Å². The maximum atomic E-state index is 12.8. The van der Waals surface area contributed by atoms with E-state index in [2.05, 4.69) is 93.7 Å². The van der Waals surface area contributed by atoms with E-state index in [1.54, 1.807) is 0 Å². The second kappa shape index (κ2) is 57.9. The van der Waals surface area contributed by atoms with Crippen LogP contribution in [0.15, 0.2) is 146 Å². The van der Waals surface area contributed by atoms with Crippen molar-refractivity contribution in [3.05, 3.63) is 146 Å². The molecule has 0 rings (SSSR count). The number of hydrogen-bond acceptors (Lipinski definition) is 6. The van der Waals surface area contributed by atoms with Crippen molar-refractivity contribution in [2.45, 2.75) is 232 Å². The van der Waals surface area contributed by atoms with Crippen LogP contribution in [-0.2, 0) is 28.6 Å². The standard InChI is InChI=1S/C65H102O6/c1-4-7-10-13-16-19-22-25-28-31-32-35-37-40-43-46-49-52-55-58-64(67)70-61-62(71-65(68)59-56-53-50-47-44-41-38-34-30-27-24-21-18-15-12-9-6-3)60-69-63(66)57-54-51-48-45-42-39-36-33-29-26-23-20-17-14-11-8-5-2/h7,10,13,16-17,19-20,22,25-32,35,37-38,40-41,43,47,50,62H,4-6,8-9,11-12,14-15,18,21,23-24,33-34,36,39,42,44-46,48-49,51-61H2,1-3H3/b10-7-,16-13-,20-17-,22-19-,28-25-,29-26-,30-27-,32-31+,37-35-,41-38-,43-40-,50-47-. The molecule has 0 saturated heterocycles. The Hall–Kier alpha value is -4.71. The van der Waals surface area contributed by atoms with Crippen LogP contribution in [0.25, 0.3) is 0 Å². The highest BCUT2D eigenvalue weighted by Gasteiger charge is 2.19. The van der Waals surface area contributed by atoms with E-state index in [4.69, 9.17) is 14.2 Å². The molecule has 1 unspecified atom stereocenters. The van der Waals surface area contributed by atoms with E-state index in [1.807, 2.05) is 72.9 Å². The molecule has 6 heteroatoms. The van der Waals surface area contributed by atoms with Gasteiger partial charge in [0.2, 0.25) is 0 Å². The van der Waals surface area contributed by atoms with Gasteiger partial charge in [-0.3, -0.25) is 14.4 Å². The lowest BCUT2D eigenvalue weighted by atomic mass is 10.1. The minimum Gasteiger partial charge on any atom is -0.462 e. The summed E-state index contributed by atoms with van der Waals surface area (Å²) in [5, 5.41) is 0. The number of ether oxygens (including phenoxy) is 3. The lowest BCUT2D eigenvalue weighted by molar-refractivity contribution is -0.167. The largest absolute Gasteiger partial charge is 0.462 e. The van der Waals surface area contributed by atoms with Gasteiger partial charge in [0.05, 0.1) is 0 Å². The summed E-state index contributed by atoms with van der Waals surface area (Å²) >= 11 is 0. The van der Waals surface area contributed by atoms with Gasteiger partial charge in [-0.25, -0.2) is 0 Å². The first-order chi connectivity index (χ1) is 35.0. The Morgan fingerprint density at radius 3 is 1.07 bits per heavy atom. The van der Waals surface area contributed by atoms with Crippen molar-refractivity contribution in [3.8, 4) is 0 Å². The number of hydrogen-bond donors (Lipinski definition) is 0. The number of carbonyl (C=O) groups is 3. The summed E-state index contributed by atoms with van der Waals surface area (Å²) in [6, 6.07) is 0. The van der Waals surface area contributed by atoms with Gasteiger partial charge in [0.25, 0.3) is 0 Å². The molecule has 1 atom stereocenters. The molecule has 0 fully saturated rings. The summed E-state index contributed by atoms with van der Waals surface area (Å²) in [5.41, 5.74) is 0. The number of carbonyl (C=O) groups excluding carboxylic acids is 3. The molecule has 0 amide bonds. The average Bonchev–Trinajstić information content (AvgIpc) is 3.37. The smallest absolute Gasteiger partial charge is 0.306 e. The van der Waals surface area contributed by atoms with Crippen LogP contribution in [0.2, 0.25) is 0 Å². The summed E-state index contributed by atoms with van der Waals surface area (Å²) in [6.45, 7) is 6.36. The number of rotatable bonds is 49. The molecule has 0 N–H and O–H groups in total. The van der Waals surface area contributed by atoms with Crippen molar-refractivity contribution in [2.24, 2.45) is 0 Å². The number of allylic oxidation sites excluding steroid dienone is 24. The van der Waals surface area contributed by atoms with E-state index < -0.39 is 6.10 Å². The molecule has 71 heavy (non-hydrogen) atoms. The highest BCUT2D eigenvalue weighted by Crippen LogP contribution is 2.13. The Morgan fingerprint density at radius 2 is 0.620 bits per heavy atom. The van der Waals surface area contributed by atoms with Gasteiger partial charge in [-0.2, -0.15) is 0 Å². The first-order valence-electron chi connectivity index (χ1n) is 28.4. The fourth-order valence-electron chi connectivity index (χ4n) is 7.24. The minimum absolute atomic E-state index is 0.123. The van der Waals surface area contributed by atoms with E-state index in [1.165, 1.54) is 96.3 Å². The van der Waals surface area contributed by atoms with Crippen LogP contribution in [0, 0.1) is 0 Å². The molecule has 0 spiro atoms. The molecule has 0 aliphatic rings. The molecule has 0 aromatic carbocycles. The van der Waals surface area contributed by atoms with Crippen molar-refractivity contribution in [1.29, 1.82) is 0 Å². The van der Waals surface area contributed by atoms with Crippen LogP contribution in [0.5, 0.6) is 0 Å². The van der Waals surface area contributed by atoms with E-state index in [9.17, 15) is 14.4 Å². The van der Waals surface area contributed by atoms with Crippen molar-refractivity contribution >= 4 is 17.9 Å². The topological polar surface area (TPSA) is 78.9 Å². The van der Waals surface area contributed by atoms with Gasteiger partial charge in [0.1, 0.15) is 13.2 Å². The molecule has 0 bridgehead atoms. The first kappa shape index (κ1) is 66.3. The fourth-order valence-corrected chi connectivity index (χ4v) is 7.24. The van der Waals surface area contributed by atoms with Gasteiger partial charge in [-0.15, -0.1) is 0 Å². The van der Waals surface area contributed by atoms with Crippen molar-refractivity contribution in [1.82, 2.24) is 0 Å². The normalized spacial score (nSPS) is 13.2. The Morgan fingerprint density at radius 1 is 0.310 bits per heavy atom.